The fourth-order valence-electron chi connectivity index (χ4n) is 2.39. The largest absolute Gasteiger partial charge is 0.328 e. The Labute approximate surface area is 101 Å². The number of rotatable bonds is 2. The quantitative estimate of drug-likeness (QED) is 0.731. The Hall–Kier alpha value is -1.64. The average molecular weight is 231 g/mol. The summed E-state index contributed by atoms with van der Waals surface area (Å²) in [7, 11) is 0. The van der Waals surface area contributed by atoms with Crippen LogP contribution >= 0.6 is 0 Å². The lowest BCUT2D eigenvalue weighted by Crippen LogP contribution is -2.28. The number of hydrogen-bond donors (Lipinski definition) is 0. The van der Waals surface area contributed by atoms with Crippen molar-refractivity contribution < 1.29 is 9.59 Å². The summed E-state index contributed by atoms with van der Waals surface area (Å²) < 4.78 is 0. The number of amides is 1. The number of carbonyl (C=O) groups is 2. The molecule has 1 saturated heterocycles. The van der Waals surface area contributed by atoms with E-state index in [2.05, 4.69) is 18.2 Å². The molecule has 1 aromatic carbocycles. The molecule has 0 radical (unpaired) electrons. The normalized spacial score (nSPS) is 17.7. The molecule has 1 aliphatic heterocycles. The molecule has 0 bridgehead atoms. The number of hydrogen-bond acceptors (Lipinski definition) is 2. The predicted octanol–water partition coefficient (Wildman–Crippen LogP) is 2.17. The Kier molecular flexibility index (Phi) is 3.01. The van der Waals surface area contributed by atoms with E-state index in [0.717, 1.165) is 5.56 Å². The van der Waals surface area contributed by atoms with Gasteiger partial charge in [0.1, 0.15) is 0 Å². The molecule has 1 atom stereocenters. The maximum absolute atomic E-state index is 11.7. The highest BCUT2D eigenvalue weighted by atomic mass is 16.2. The molecule has 0 aromatic heterocycles. The van der Waals surface area contributed by atoms with Crippen LogP contribution in [0.4, 0.5) is 0 Å². The zero-order valence-electron chi connectivity index (χ0n) is 10.5. The summed E-state index contributed by atoms with van der Waals surface area (Å²) in [5.41, 5.74) is 3.47. The first-order valence-corrected chi connectivity index (χ1v) is 5.87. The number of likely N-dealkylation sites (tertiary alicyclic amines) is 1. The smallest absolute Gasteiger partial charge is 0.230 e. The molecule has 0 aliphatic carbocycles. The fraction of sp³-hybridized carbons (Fsp3) is 0.429. The molecular formula is C14H17NO2. The van der Waals surface area contributed by atoms with E-state index < -0.39 is 0 Å². The summed E-state index contributed by atoms with van der Waals surface area (Å²) >= 11 is 0. The first-order valence-electron chi connectivity index (χ1n) is 5.87. The second-order valence-electron chi connectivity index (χ2n) is 4.83. The minimum atomic E-state index is -0.0540. The SMILES string of the molecule is Cc1cc(C)cc(C(C)N2CC(=O)CC2=O)c1. The van der Waals surface area contributed by atoms with Crippen molar-refractivity contribution in [3.63, 3.8) is 0 Å². The first kappa shape index (κ1) is 11.8. The molecule has 3 heteroatoms. The molecule has 0 N–H and O–H groups in total. The van der Waals surface area contributed by atoms with E-state index >= 15 is 0 Å². The van der Waals surface area contributed by atoms with Crippen LogP contribution in [0.2, 0.25) is 0 Å². The van der Waals surface area contributed by atoms with Gasteiger partial charge in [0.2, 0.25) is 5.91 Å². The van der Waals surface area contributed by atoms with Crippen molar-refractivity contribution in [2.75, 3.05) is 6.54 Å². The van der Waals surface area contributed by atoms with E-state index in [4.69, 9.17) is 0 Å². The van der Waals surface area contributed by atoms with Crippen molar-refractivity contribution in [2.24, 2.45) is 0 Å². The van der Waals surface area contributed by atoms with Crippen molar-refractivity contribution in [1.82, 2.24) is 4.90 Å². The monoisotopic (exact) mass is 231 g/mol. The topological polar surface area (TPSA) is 37.4 Å². The summed E-state index contributed by atoms with van der Waals surface area (Å²) in [4.78, 5) is 24.6. The molecule has 0 spiro atoms. The number of nitrogens with zero attached hydrogens (tertiary/aromatic N) is 1. The van der Waals surface area contributed by atoms with Gasteiger partial charge in [0.15, 0.2) is 5.78 Å². The number of benzene rings is 1. The zero-order chi connectivity index (χ0) is 12.6. The van der Waals surface area contributed by atoms with E-state index in [1.807, 2.05) is 20.8 Å². The highest BCUT2D eigenvalue weighted by molar-refractivity contribution is 6.05. The van der Waals surface area contributed by atoms with E-state index in [-0.39, 0.29) is 30.7 Å². The molecule has 1 heterocycles. The van der Waals surface area contributed by atoms with Gasteiger partial charge in [-0.2, -0.15) is 0 Å². The fourth-order valence-corrected chi connectivity index (χ4v) is 2.39. The van der Waals surface area contributed by atoms with Gasteiger partial charge in [-0.25, -0.2) is 0 Å². The van der Waals surface area contributed by atoms with Crippen LogP contribution in [0.3, 0.4) is 0 Å². The van der Waals surface area contributed by atoms with Crippen LogP contribution in [0.1, 0.15) is 36.1 Å². The molecule has 17 heavy (non-hydrogen) atoms. The molecule has 1 unspecified atom stereocenters. The summed E-state index contributed by atoms with van der Waals surface area (Å²) in [5.74, 6) is -0.0344. The Morgan fingerprint density at radius 1 is 1.12 bits per heavy atom. The van der Waals surface area contributed by atoms with Gasteiger partial charge in [-0.1, -0.05) is 29.3 Å². The van der Waals surface area contributed by atoms with Crippen molar-refractivity contribution >= 4 is 11.7 Å². The van der Waals surface area contributed by atoms with Gasteiger partial charge in [0.05, 0.1) is 19.0 Å². The predicted molar refractivity (Wildman–Crippen MR) is 65.7 cm³/mol. The van der Waals surface area contributed by atoms with Crippen LogP contribution in [-0.4, -0.2) is 23.1 Å². The third-order valence-electron chi connectivity index (χ3n) is 3.21. The van der Waals surface area contributed by atoms with Gasteiger partial charge < -0.3 is 4.90 Å². The Morgan fingerprint density at radius 2 is 1.71 bits per heavy atom. The Morgan fingerprint density at radius 3 is 2.18 bits per heavy atom. The third kappa shape index (κ3) is 2.38. The van der Waals surface area contributed by atoms with E-state index in [1.165, 1.54) is 11.1 Å². The molecule has 90 valence electrons. The zero-order valence-corrected chi connectivity index (χ0v) is 10.5. The number of carbonyl (C=O) groups excluding carboxylic acids is 2. The third-order valence-corrected chi connectivity index (χ3v) is 3.21. The molecule has 1 fully saturated rings. The maximum atomic E-state index is 11.7. The summed E-state index contributed by atoms with van der Waals surface area (Å²) in [6.07, 6.45) is 0.0646. The summed E-state index contributed by atoms with van der Waals surface area (Å²) in [6.45, 7) is 6.32. The summed E-state index contributed by atoms with van der Waals surface area (Å²) in [5, 5.41) is 0. The second kappa shape index (κ2) is 4.32. The van der Waals surface area contributed by atoms with E-state index in [1.54, 1.807) is 4.90 Å². The van der Waals surface area contributed by atoms with Crippen molar-refractivity contribution in [3.8, 4) is 0 Å². The molecule has 3 nitrogen and oxygen atoms in total. The lowest BCUT2D eigenvalue weighted by atomic mass is 10.0. The molecule has 2 rings (SSSR count). The molecule has 0 saturated carbocycles. The molecule has 1 amide bonds. The first-order chi connectivity index (χ1) is 7.97. The van der Waals surface area contributed by atoms with E-state index in [9.17, 15) is 9.59 Å². The van der Waals surface area contributed by atoms with Crippen molar-refractivity contribution in [2.45, 2.75) is 33.2 Å². The van der Waals surface area contributed by atoms with Gasteiger partial charge in [-0.15, -0.1) is 0 Å². The van der Waals surface area contributed by atoms with Gasteiger partial charge >= 0.3 is 0 Å². The van der Waals surface area contributed by atoms with Crippen LogP contribution in [0.25, 0.3) is 0 Å². The second-order valence-corrected chi connectivity index (χ2v) is 4.83. The lowest BCUT2D eigenvalue weighted by Gasteiger charge is -2.24. The van der Waals surface area contributed by atoms with Gasteiger partial charge in [0, 0.05) is 0 Å². The van der Waals surface area contributed by atoms with Gasteiger partial charge in [0.25, 0.3) is 0 Å². The number of ketones is 1. The standard InChI is InChI=1S/C14H17NO2/c1-9-4-10(2)6-12(5-9)11(3)15-8-13(16)7-14(15)17/h4-6,11H,7-8H2,1-3H3. The summed E-state index contributed by atoms with van der Waals surface area (Å²) in [6, 6.07) is 6.24. The van der Waals surface area contributed by atoms with E-state index in [0.29, 0.717) is 0 Å². The Bertz CT molecular complexity index is 459. The van der Waals surface area contributed by atoms with Crippen molar-refractivity contribution in [1.29, 1.82) is 0 Å². The number of aryl methyl sites for hydroxylation is 2. The van der Waals surface area contributed by atoms with Crippen LogP contribution in [0.5, 0.6) is 0 Å². The molecule has 1 aromatic rings. The highest BCUT2D eigenvalue weighted by Gasteiger charge is 2.31. The van der Waals surface area contributed by atoms with Crippen LogP contribution in [0, 0.1) is 13.8 Å². The number of Topliss-reactive ketones (excluding diaryl/α,β-unsaturated/α-hetero) is 1. The molecular weight excluding hydrogens is 214 g/mol. The van der Waals surface area contributed by atoms with Gasteiger partial charge in [-0.3, -0.25) is 9.59 Å². The van der Waals surface area contributed by atoms with Crippen LogP contribution in [0.15, 0.2) is 18.2 Å². The minimum Gasteiger partial charge on any atom is -0.328 e. The van der Waals surface area contributed by atoms with Crippen LogP contribution in [-0.2, 0) is 9.59 Å². The average Bonchev–Trinajstić information content (AvgIpc) is 2.55. The van der Waals surface area contributed by atoms with Crippen molar-refractivity contribution in [3.05, 3.63) is 34.9 Å². The molecule has 1 aliphatic rings. The van der Waals surface area contributed by atoms with Crippen LogP contribution < -0.4 is 0 Å². The minimum absolute atomic E-state index is 0.0197. The van der Waals surface area contributed by atoms with Gasteiger partial charge in [-0.05, 0) is 26.3 Å². The maximum Gasteiger partial charge on any atom is 0.230 e. The lowest BCUT2D eigenvalue weighted by molar-refractivity contribution is -0.129. The highest BCUT2D eigenvalue weighted by Crippen LogP contribution is 2.25. The Balaban J connectivity index is 2.27.